The molecule has 5 rings (SSSR count). The Labute approximate surface area is 264 Å². The molecule has 0 radical (unpaired) electrons. The van der Waals surface area contributed by atoms with Gasteiger partial charge in [0.1, 0.15) is 5.82 Å². The maximum absolute atomic E-state index is 13.7. The minimum Gasteiger partial charge on any atom is -1.00 e. The van der Waals surface area contributed by atoms with Gasteiger partial charge in [-0.25, -0.2) is 9.78 Å². The fourth-order valence-electron chi connectivity index (χ4n) is 4.60. The predicted octanol–water partition coefficient (Wildman–Crippen LogP) is 2.27. The molecule has 0 aliphatic carbocycles. The van der Waals surface area contributed by atoms with Gasteiger partial charge in [0.25, 0.3) is 5.56 Å². The first-order chi connectivity index (χ1) is 18.0. The van der Waals surface area contributed by atoms with Gasteiger partial charge >= 0.3 is 57.1 Å². The van der Waals surface area contributed by atoms with Crippen molar-refractivity contribution in [1.29, 1.82) is 0 Å². The molecule has 38 heavy (non-hydrogen) atoms. The van der Waals surface area contributed by atoms with Crippen molar-refractivity contribution in [3.8, 4) is 22.5 Å². The zero-order chi connectivity index (χ0) is 25.8. The minimum absolute atomic E-state index is 0. The average Bonchev–Trinajstić information content (AvgIpc) is 3.36. The van der Waals surface area contributed by atoms with Crippen molar-refractivity contribution in [2.45, 2.75) is 39.7 Å². The van der Waals surface area contributed by atoms with Crippen molar-refractivity contribution < 1.29 is 57.3 Å². The average molecular weight is 533 g/mol. The topological polar surface area (TPSA) is 93.8 Å². The molecule has 0 spiro atoms. The minimum atomic E-state index is -0.591. The van der Waals surface area contributed by atoms with Crippen LogP contribution in [-0.2, 0) is 19.4 Å². The summed E-state index contributed by atoms with van der Waals surface area (Å²) in [5.41, 5.74) is 6.31. The first kappa shape index (κ1) is 28.1. The number of aryl methyl sites for hydroxylation is 2. The summed E-state index contributed by atoms with van der Waals surface area (Å²) in [7, 11) is 0. The number of H-pyrrole nitrogens is 1. The van der Waals surface area contributed by atoms with E-state index in [1.807, 2.05) is 90.4 Å². The van der Waals surface area contributed by atoms with Crippen LogP contribution in [0.2, 0.25) is 0 Å². The van der Waals surface area contributed by atoms with E-state index in [0.717, 1.165) is 57.7 Å². The molecule has 0 bridgehead atoms. The quantitative estimate of drug-likeness (QED) is 0.310. The van der Waals surface area contributed by atoms with Crippen molar-refractivity contribution in [3.05, 3.63) is 128 Å². The van der Waals surface area contributed by atoms with Crippen molar-refractivity contribution in [1.82, 2.24) is 19.7 Å². The largest absolute Gasteiger partial charge is 1.00 e. The Balaban J connectivity index is 0.00000210. The third kappa shape index (κ3) is 6.22. The van der Waals surface area contributed by atoms with Crippen LogP contribution in [0.5, 0.6) is 0 Å². The first-order valence-electron chi connectivity index (χ1n) is 12.4. The Kier molecular flexibility index (Phi) is 9.46. The molecule has 5 aromatic rings. The van der Waals surface area contributed by atoms with Crippen LogP contribution in [0.1, 0.15) is 43.0 Å². The number of nitrogens with zero attached hydrogens (tertiary/aromatic N) is 3. The molecule has 0 saturated heterocycles. The van der Waals surface area contributed by atoms with Gasteiger partial charge in [0.2, 0.25) is 0 Å². The fourth-order valence-corrected chi connectivity index (χ4v) is 4.60. The molecule has 3 aromatic carbocycles. The van der Waals surface area contributed by atoms with Gasteiger partial charge in [0.05, 0.1) is 6.54 Å². The van der Waals surface area contributed by atoms with E-state index >= 15 is 0 Å². The molecule has 2 aromatic heterocycles. The molecule has 8 heteroatoms. The summed E-state index contributed by atoms with van der Waals surface area (Å²) >= 11 is 0. The fraction of sp³-hybridized carbons (Fsp3) is 0.200. The van der Waals surface area contributed by atoms with Crippen LogP contribution in [0.4, 0.5) is 0 Å². The standard InChI is InChI=1S/C30H28N4O3.K.H/c1-3-9-27-31-20(2)26(18-21-10-5-4-6-11-21)29(35)34(27)19-22-14-16-23(17-15-22)24-12-7-8-13-25(24)28-32-30(36)37-33-28;;/h4-8,10-17H,3,9,18-19H2,1-2H3,(H,32,33,36);;/q;+1;-1. The summed E-state index contributed by atoms with van der Waals surface area (Å²) in [5, 5.41) is 3.84. The van der Waals surface area contributed by atoms with E-state index < -0.39 is 5.76 Å². The zero-order valence-corrected chi connectivity index (χ0v) is 25.0. The molecule has 1 N–H and O–H groups in total. The molecule has 0 fully saturated rings. The number of hydrogen-bond acceptors (Lipinski definition) is 5. The second-order valence-corrected chi connectivity index (χ2v) is 9.08. The summed E-state index contributed by atoms with van der Waals surface area (Å²) in [4.78, 5) is 32.6. The van der Waals surface area contributed by atoms with Gasteiger partial charge in [-0.3, -0.25) is 18.9 Å². The molecule has 0 atom stereocenters. The third-order valence-electron chi connectivity index (χ3n) is 6.47. The summed E-state index contributed by atoms with van der Waals surface area (Å²) in [5.74, 6) is 0.607. The molecular weight excluding hydrogens is 503 g/mol. The van der Waals surface area contributed by atoms with E-state index in [1.165, 1.54) is 0 Å². The molecule has 0 aliphatic rings. The van der Waals surface area contributed by atoms with Crippen LogP contribution < -0.4 is 62.7 Å². The molecule has 0 amide bonds. The summed E-state index contributed by atoms with van der Waals surface area (Å²) in [6.07, 6.45) is 2.21. The maximum atomic E-state index is 13.7. The van der Waals surface area contributed by atoms with Crippen LogP contribution >= 0.6 is 0 Å². The van der Waals surface area contributed by atoms with Gasteiger partial charge in [0, 0.05) is 29.7 Å². The molecule has 188 valence electrons. The van der Waals surface area contributed by atoms with Crippen LogP contribution in [0.3, 0.4) is 0 Å². The summed E-state index contributed by atoms with van der Waals surface area (Å²) in [6.45, 7) is 4.47. The van der Waals surface area contributed by atoms with Crippen LogP contribution in [0, 0.1) is 6.92 Å². The van der Waals surface area contributed by atoms with Gasteiger partial charge in [-0.1, -0.05) is 90.9 Å². The number of hydrogen-bond donors (Lipinski definition) is 1. The van der Waals surface area contributed by atoms with E-state index in [1.54, 1.807) is 0 Å². The van der Waals surface area contributed by atoms with E-state index in [-0.39, 0.29) is 58.4 Å². The van der Waals surface area contributed by atoms with Crippen LogP contribution in [0.15, 0.2) is 93.0 Å². The summed E-state index contributed by atoms with van der Waals surface area (Å²) < 4.78 is 6.51. The zero-order valence-electron chi connectivity index (χ0n) is 22.9. The Bertz CT molecular complexity index is 1640. The van der Waals surface area contributed by atoms with E-state index in [2.05, 4.69) is 17.1 Å². The number of aromatic nitrogens is 4. The number of nitrogens with one attached hydrogen (secondary N) is 1. The predicted molar refractivity (Wildman–Crippen MR) is 145 cm³/mol. The van der Waals surface area contributed by atoms with Crippen molar-refractivity contribution >= 4 is 0 Å². The molecular formula is C30H29KN4O3. The molecule has 0 aliphatic heterocycles. The van der Waals surface area contributed by atoms with Gasteiger partial charge in [-0.2, -0.15) is 0 Å². The van der Waals surface area contributed by atoms with Gasteiger partial charge in [-0.15, -0.1) is 0 Å². The monoisotopic (exact) mass is 532 g/mol. The van der Waals surface area contributed by atoms with Crippen molar-refractivity contribution in [2.24, 2.45) is 0 Å². The van der Waals surface area contributed by atoms with Gasteiger partial charge in [0.15, 0.2) is 5.82 Å². The van der Waals surface area contributed by atoms with Gasteiger partial charge < -0.3 is 1.43 Å². The van der Waals surface area contributed by atoms with E-state index in [0.29, 0.717) is 18.8 Å². The number of rotatable bonds is 8. The summed E-state index contributed by atoms with van der Waals surface area (Å²) in [6, 6.07) is 25.8. The van der Waals surface area contributed by atoms with Gasteiger partial charge in [-0.05, 0) is 35.6 Å². The number of benzene rings is 3. The Morgan fingerprint density at radius 2 is 1.58 bits per heavy atom. The molecule has 7 nitrogen and oxygen atoms in total. The van der Waals surface area contributed by atoms with E-state index in [4.69, 9.17) is 9.51 Å². The number of aromatic amines is 1. The van der Waals surface area contributed by atoms with Crippen molar-refractivity contribution in [3.63, 3.8) is 0 Å². The normalized spacial score (nSPS) is 10.8. The first-order valence-corrected chi connectivity index (χ1v) is 12.4. The third-order valence-corrected chi connectivity index (χ3v) is 6.47. The van der Waals surface area contributed by atoms with E-state index in [9.17, 15) is 9.59 Å². The Morgan fingerprint density at radius 1 is 0.895 bits per heavy atom. The molecule has 0 saturated carbocycles. The molecule has 0 unspecified atom stereocenters. The Hall–Kier alpha value is -2.88. The van der Waals surface area contributed by atoms with Crippen LogP contribution in [-0.4, -0.2) is 19.7 Å². The molecule has 2 heterocycles. The Morgan fingerprint density at radius 3 is 2.24 bits per heavy atom. The maximum Gasteiger partial charge on any atom is 1.00 e. The van der Waals surface area contributed by atoms with Crippen LogP contribution in [0.25, 0.3) is 22.5 Å². The smallest absolute Gasteiger partial charge is 1.00 e. The van der Waals surface area contributed by atoms with Crippen molar-refractivity contribution in [2.75, 3.05) is 0 Å². The SMILES string of the molecule is CCCc1nc(C)c(Cc2ccccc2)c(=O)n1Cc1ccc(-c2ccccc2-c2noc(=O)[nH]2)cc1.[H-].[K+]. The second-order valence-electron chi connectivity index (χ2n) is 9.08. The second kappa shape index (κ2) is 12.8.